The topological polar surface area (TPSA) is 38.3 Å². The van der Waals surface area contributed by atoms with Gasteiger partial charge in [0.05, 0.1) is 12.9 Å². The van der Waals surface area contributed by atoms with Crippen LogP contribution in [0.15, 0.2) is 24.0 Å². The molecule has 2 aliphatic carbocycles. The molecule has 2 saturated carbocycles. The lowest BCUT2D eigenvalue weighted by Gasteiger charge is -2.27. The lowest BCUT2D eigenvalue weighted by atomic mass is 9.88. The molecule has 0 bridgehead atoms. The molecule has 2 rings (SSSR count). The zero-order valence-corrected chi connectivity index (χ0v) is 14.5. The lowest BCUT2D eigenvalue weighted by Crippen LogP contribution is -2.41. The van der Waals surface area contributed by atoms with E-state index in [0.717, 1.165) is 12.5 Å². The molecule has 0 aromatic carbocycles. The van der Waals surface area contributed by atoms with Gasteiger partial charge < -0.3 is 10.1 Å². The Hall–Kier alpha value is -1.25. The average molecular weight is 305 g/mol. The van der Waals surface area contributed by atoms with Crippen LogP contribution >= 0.6 is 0 Å². The van der Waals surface area contributed by atoms with Crippen molar-refractivity contribution in [2.24, 2.45) is 17.3 Å². The summed E-state index contributed by atoms with van der Waals surface area (Å²) in [5.41, 5.74) is 1.34. The van der Waals surface area contributed by atoms with E-state index in [-0.39, 0.29) is 17.4 Å². The standard InChI is InChI=1S/C19H31NO2/c1-14(19(2,3)4)20-18(21)7-5-6-17(16-10-11-16)13-22-12-15-8-9-15/h5-6,13-16H,7-12H2,1-4H3,(H,20,21)/b6-5-,17-13-. The zero-order chi connectivity index (χ0) is 16.2. The van der Waals surface area contributed by atoms with Crippen LogP contribution in [0.3, 0.4) is 0 Å². The Kier molecular flexibility index (Phi) is 5.71. The van der Waals surface area contributed by atoms with Crippen LogP contribution in [0.2, 0.25) is 0 Å². The van der Waals surface area contributed by atoms with Gasteiger partial charge in [-0.05, 0) is 55.4 Å². The van der Waals surface area contributed by atoms with Gasteiger partial charge in [-0.3, -0.25) is 4.79 Å². The number of rotatable bonds is 8. The van der Waals surface area contributed by atoms with Crippen molar-refractivity contribution in [1.82, 2.24) is 5.32 Å². The van der Waals surface area contributed by atoms with Gasteiger partial charge in [0.2, 0.25) is 5.91 Å². The van der Waals surface area contributed by atoms with Crippen molar-refractivity contribution in [1.29, 1.82) is 0 Å². The summed E-state index contributed by atoms with van der Waals surface area (Å²) in [5.74, 6) is 1.52. The van der Waals surface area contributed by atoms with E-state index in [1.54, 1.807) is 0 Å². The molecule has 22 heavy (non-hydrogen) atoms. The molecule has 3 heteroatoms. The van der Waals surface area contributed by atoms with Crippen LogP contribution < -0.4 is 5.32 Å². The van der Waals surface area contributed by atoms with Crippen molar-refractivity contribution in [3.63, 3.8) is 0 Å². The molecule has 0 spiro atoms. The highest BCUT2D eigenvalue weighted by molar-refractivity contribution is 5.77. The zero-order valence-electron chi connectivity index (χ0n) is 14.5. The molecule has 0 aromatic rings. The van der Waals surface area contributed by atoms with Crippen molar-refractivity contribution in [2.75, 3.05) is 6.61 Å². The average Bonchev–Trinajstić information content (AvgIpc) is 3.28. The molecule has 0 aliphatic heterocycles. The second-order valence-corrected chi connectivity index (χ2v) is 7.93. The smallest absolute Gasteiger partial charge is 0.224 e. The first-order chi connectivity index (χ1) is 10.4. The maximum atomic E-state index is 12.0. The monoisotopic (exact) mass is 305 g/mol. The van der Waals surface area contributed by atoms with E-state index in [9.17, 15) is 4.79 Å². The van der Waals surface area contributed by atoms with Gasteiger partial charge in [0.25, 0.3) is 0 Å². The molecule has 1 atom stereocenters. The summed E-state index contributed by atoms with van der Waals surface area (Å²) < 4.78 is 5.67. The summed E-state index contributed by atoms with van der Waals surface area (Å²) in [4.78, 5) is 12.0. The van der Waals surface area contributed by atoms with Crippen LogP contribution in [0.5, 0.6) is 0 Å². The van der Waals surface area contributed by atoms with Gasteiger partial charge in [0.15, 0.2) is 0 Å². The summed E-state index contributed by atoms with van der Waals surface area (Å²) in [7, 11) is 0. The first-order valence-corrected chi connectivity index (χ1v) is 8.64. The molecular formula is C19H31NO2. The molecule has 1 unspecified atom stereocenters. The van der Waals surface area contributed by atoms with Crippen molar-refractivity contribution in [3.8, 4) is 0 Å². The molecule has 124 valence electrons. The number of carbonyl (C=O) groups excluding carboxylic acids is 1. The van der Waals surface area contributed by atoms with Gasteiger partial charge in [-0.1, -0.05) is 32.9 Å². The van der Waals surface area contributed by atoms with Gasteiger partial charge in [0.1, 0.15) is 0 Å². The maximum absolute atomic E-state index is 12.0. The van der Waals surface area contributed by atoms with E-state index < -0.39 is 0 Å². The summed E-state index contributed by atoms with van der Waals surface area (Å²) in [5, 5.41) is 3.06. The highest BCUT2D eigenvalue weighted by atomic mass is 16.5. The van der Waals surface area contributed by atoms with Crippen LogP contribution in [-0.2, 0) is 9.53 Å². The van der Waals surface area contributed by atoms with E-state index in [2.05, 4.69) is 39.1 Å². The SMILES string of the molecule is CC(NC(=O)C/C=C\C(=C\OCC1CC1)C1CC1)C(C)(C)C. The Labute approximate surface area is 135 Å². The predicted octanol–water partition coefficient (Wildman–Crippen LogP) is 4.20. The normalized spacial score (nSPS) is 21.0. The van der Waals surface area contributed by atoms with Gasteiger partial charge in [-0.25, -0.2) is 0 Å². The van der Waals surface area contributed by atoms with Gasteiger partial charge in [-0.2, -0.15) is 0 Å². The summed E-state index contributed by atoms with van der Waals surface area (Å²) in [6, 6.07) is 0.175. The van der Waals surface area contributed by atoms with Crippen LogP contribution in [-0.4, -0.2) is 18.6 Å². The Morgan fingerprint density at radius 2 is 1.95 bits per heavy atom. The van der Waals surface area contributed by atoms with E-state index in [1.165, 1.54) is 31.3 Å². The second-order valence-electron chi connectivity index (χ2n) is 7.93. The largest absolute Gasteiger partial charge is 0.501 e. The minimum Gasteiger partial charge on any atom is -0.501 e. The van der Waals surface area contributed by atoms with Crippen molar-refractivity contribution in [3.05, 3.63) is 24.0 Å². The Bertz CT molecular complexity index is 437. The molecule has 0 aromatic heterocycles. The third kappa shape index (κ3) is 6.25. The Morgan fingerprint density at radius 3 is 2.50 bits per heavy atom. The fourth-order valence-electron chi connectivity index (χ4n) is 2.07. The summed E-state index contributed by atoms with van der Waals surface area (Å²) in [6.07, 6.45) is 11.5. The Morgan fingerprint density at radius 1 is 1.27 bits per heavy atom. The quantitative estimate of drug-likeness (QED) is 0.539. The van der Waals surface area contributed by atoms with E-state index in [0.29, 0.717) is 12.3 Å². The number of amides is 1. The molecular weight excluding hydrogens is 274 g/mol. The molecule has 2 fully saturated rings. The summed E-state index contributed by atoms with van der Waals surface area (Å²) in [6.45, 7) is 9.33. The van der Waals surface area contributed by atoms with Crippen molar-refractivity contribution >= 4 is 5.91 Å². The third-order valence-electron chi connectivity index (χ3n) is 4.59. The van der Waals surface area contributed by atoms with Gasteiger partial charge >= 0.3 is 0 Å². The third-order valence-corrected chi connectivity index (χ3v) is 4.59. The molecule has 1 N–H and O–H groups in total. The van der Waals surface area contributed by atoms with Crippen LogP contribution in [0.1, 0.15) is 59.8 Å². The van der Waals surface area contributed by atoms with Crippen LogP contribution in [0, 0.1) is 17.3 Å². The highest BCUT2D eigenvalue weighted by Crippen LogP contribution is 2.37. The molecule has 1 amide bonds. The first-order valence-electron chi connectivity index (χ1n) is 8.64. The molecule has 3 nitrogen and oxygen atoms in total. The molecule has 0 saturated heterocycles. The fourth-order valence-corrected chi connectivity index (χ4v) is 2.07. The first kappa shape index (κ1) is 17.1. The van der Waals surface area contributed by atoms with Crippen molar-refractivity contribution < 1.29 is 9.53 Å². The predicted molar refractivity (Wildman–Crippen MR) is 90.3 cm³/mol. The minimum atomic E-state index is 0.0905. The van der Waals surface area contributed by atoms with E-state index in [1.807, 2.05) is 12.3 Å². The van der Waals surface area contributed by atoms with E-state index >= 15 is 0 Å². The highest BCUT2D eigenvalue weighted by Gasteiger charge is 2.26. The number of hydrogen-bond acceptors (Lipinski definition) is 2. The second kappa shape index (κ2) is 7.34. The van der Waals surface area contributed by atoms with Crippen LogP contribution in [0.4, 0.5) is 0 Å². The number of carbonyl (C=O) groups is 1. The fraction of sp³-hybridized carbons (Fsp3) is 0.737. The summed E-state index contributed by atoms with van der Waals surface area (Å²) >= 11 is 0. The number of hydrogen-bond donors (Lipinski definition) is 1. The molecule has 0 heterocycles. The van der Waals surface area contributed by atoms with Crippen molar-refractivity contribution in [2.45, 2.75) is 65.8 Å². The molecule has 0 radical (unpaired) electrons. The Balaban J connectivity index is 1.74. The van der Waals surface area contributed by atoms with E-state index in [4.69, 9.17) is 4.74 Å². The molecule has 2 aliphatic rings. The maximum Gasteiger partial charge on any atom is 0.224 e. The van der Waals surface area contributed by atoms with Crippen LogP contribution in [0.25, 0.3) is 0 Å². The minimum absolute atomic E-state index is 0.0905. The van der Waals surface area contributed by atoms with Gasteiger partial charge in [0, 0.05) is 12.5 Å². The lowest BCUT2D eigenvalue weighted by molar-refractivity contribution is -0.121. The van der Waals surface area contributed by atoms with Gasteiger partial charge in [-0.15, -0.1) is 0 Å². The number of allylic oxidation sites excluding steroid dienone is 2. The number of nitrogens with one attached hydrogen (secondary N) is 1. The number of ether oxygens (including phenoxy) is 1.